The molecule has 0 aliphatic carbocycles. The summed E-state index contributed by atoms with van der Waals surface area (Å²) in [6.07, 6.45) is 1.95. The Kier molecular flexibility index (Phi) is 4.47. The molecule has 4 heteroatoms. The summed E-state index contributed by atoms with van der Waals surface area (Å²) >= 11 is 0. The van der Waals surface area contributed by atoms with Gasteiger partial charge in [-0.1, -0.05) is 46.8 Å². The van der Waals surface area contributed by atoms with Crippen molar-refractivity contribution in [2.45, 2.75) is 52.9 Å². The summed E-state index contributed by atoms with van der Waals surface area (Å²) in [6.45, 7) is 9.79. The third-order valence-electron chi connectivity index (χ3n) is 5.49. The molecule has 1 unspecified atom stereocenters. The second kappa shape index (κ2) is 5.91. The van der Waals surface area contributed by atoms with E-state index in [1.54, 1.807) is 12.1 Å². The van der Waals surface area contributed by atoms with E-state index in [1.807, 2.05) is 46.8 Å². The molecule has 1 aliphatic rings. The van der Waals surface area contributed by atoms with Gasteiger partial charge >= 0.3 is 0 Å². The minimum absolute atomic E-state index is 0.113. The second-order valence-electron chi connectivity index (χ2n) is 7.39. The van der Waals surface area contributed by atoms with Crippen LogP contribution in [0.25, 0.3) is 0 Å². The Bertz CT molecular complexity index is 629. The summed E-state index contributed by atoms with van der Waals surface area (Å²) in [7, 11) is 0. The first-order chi connectivity index (χ1) is 10.7. The number of nitrogens with zero attached hydrogens (tertiary/aromatic N) is 1. The molecule has 1 saturated heterocycles. The zero-order valence-electron chi connectivity index (χ0n) is 14.6. The summed E-state index contributed by atoms with van der Waals surface area (Å²) < 4.78 is 0. The topological polar surface area (TPSA) is 54.5 Å². The van der Waals surface area contributed by atoms with E-state index in [1.165, 1.54) is 4.90 Å². The number of benzene rings is 1. The molecule has 0 saturated carbocycles. The lowest BCUT2D eigenvalue weighted by atomic mass is 9.65. The molecule has 4 nitrogen and oxygen atoms in total. The summed E-state index contributed by atoms with van der Waals surface area (Å²) in [6, 6.07) is 7.40. The second-order valence-corrected chi connectivity index (χ2v) is 7.39. The standard InChI is InChI=1S/C19H25NO3/c1-6-13-11-16(22)20(17(13)23)15-9-7-14(8-10-15)19(4,5)18(2,3)12-21/h7-10,12-13H,6,11H2,1-5H3. The number of carbonyl (C=O) groups is 3. The Labute approximate surface area is 137 Å². The van der Waals surface area contributed by atoms with Crippen LogP contribution < -0.4 is 4.90 Å². The van der Waals surface area contributed by atoms with Crippen LogP contribution in [-0.2, 0) is 19.8 Å². The molecule has 0 radical (unpaired) electrons. The van der Waals surface area contributed by atoms with Gasteiger partial charge in [-0.05, 0) is 24.1 Å². The van der Waals surface area contributed by atoms with Crippen molar-refractivity contribution in [3.8, 4) is 0 Å². The molecule has 1 fully saturated rings. The van der Waals surface area contributed by atoms with E-state index in [2.05, 4.69) is 0 Å². The van der Waals surface area contributed by atoms with E-state index in [9.17, 15) is 14.4 Å². The third-order valence-corrected chi connectivity index (χ3v) is 5.49. The third kappa shape index (κ3) is 2.82. The van der Waals surface area contributed by atoms with E-state index >= 15 is 0 Å². The SMILES string of the molecule is CCC1CC(=O)N(c2ccc(C(C)(C)C(C)(C)C=O)cc2)C1=O. The molecule has 1 aliphatic heterocycles. The number of carbonyl (C=O) groups excluding carboxylic acids is 3. The molecule has 124 valence electrons. The van der Waals surface area contributed by atoms with Gasteiger partial charge in [0.15, 0.2) is 0 Å². The van der Waals surface area contributed by atoms with Gasteiger partial charge in [0, 0.05) is 23.2 Å². The summed E-state index contributed by atoms with van der Waals surface area (Å²) in [4.78, 5) is 37.1. The Morgan fingerprint density at radius 1 is 1.13 bits per heavy atom. The van der Waals surface area contributed by atoms with Crippen molar-refractivity contribution in [1.29, 1.82) is 0 Å². The van der Waals surface area contributed by atoms with Crippen LogP contribution in [-0.4, -0.2) is 18.1 Å². The zero-order chi connectivity index (χ0) is 17.4. The number of hydrogen-bond donors (Lipinski definition) is 0. The van der Waals surface area contributed by atoms with Gasteiger partial charge in [0.25, 0.3) is 0 Å². The van der Waals surface area contributed by atoms with Gasteiger partial charge < -0.3 is 4.79 Å². The molecule has 0 N–H and O–H groups in total. The molecule has 1 aromatic carbocycles. The normalized spacial score (nSPS) is 19.3. The first-order valence-electron chi connectivity index (χ1n) is 8.09. The minimum atomic E-state index is -0.513. The van der Waals surface area contributed by atoms with Crippen LogP contribution in [0.4, 0.5) is 5.69 Å². The van der Waals surface area contributed by atoms with Crippen LogP contribution in [0.1, 0.15) is 53.0 Å². The number of amides is 2. The highest BCUT2D eigenvalue weighted by atomic mass is 16.2. The van der Waals surface area contributed by atoms with Gasteiger partial charge in [-0.25, -0.2) is 0 Å². The van der Waals surface area contributed by atoms with Crippen LogP contribution in [0.5, 0.6) is 0 Å². The maximum atomic E-state index is 12.3. The highest BCUT2D eigenvalue weighted by molar-refractivity contribution is 6.20. The monoisotopic (exact) mass is 315 g/mol. The molecule has 1 atom stereocenters. The fourth-order valence-electron chi connectivity index (χ4n) is 2.83. The molecule has 2 amide bonds. The quantitative estimate of drug-likeness (QED) is 0.617. The van der Waals surface area contributed by atoms with Crippen molar-refractivity contribution >= 4 is 23.8 Å². The Balaban J connectivity index is 2.32. The van der Waals surface area contributed by atoms with Crippen LogP contribution in [0.15, 0.2) is 24.3 Å². The fourth-order valence-corrected chi connectivity index (χ4v) is 2.83. The maximum absolute atomic E-state index is 12.3. The highest BCUT2D eigenvalue weighted by Crippen LogP contribution is 2.40. The van der Waals surface area contributed by atoms with Crippen molar-refractivity contribution in [2.24, 2.45) is 11.3 Å². The van der Waals surface area contributed by atoms with Crippen molar-refractivity contribution in [2.75, 3.05) is 4.90 Å². The van der Waals surface area contributed by atoms with E-state index in [-0.39, 0.29) is 23.1 Å². The smallest absolute Gasteiger partial charge is 0.237 e. The Hall–Kier alpha value is -1.97. The molecule has 0 bridgehead atoms. The minimum Gasteiger partial charge on any atom is -0.303 e. The first-order valence-corrected chi connectivity index (χ1v) is 8.09. The number of rotatable bonds is 5. The largest absolute Gasteiger partial charge is 0.303 e. The zero-order valence-corrected chi connectivity index (χ0v) is 14.6. The van der Waals surface area contributed by atoms with Crippen molar-refractivity contribution < 1.29 is 14.4 Å². The predicted molar refractivity (Wildman–Crippen MR) is 90.2 cm³/mol. The molecular weight excluding hydrogens is 290 g/mol. The maximum Gasteiger partial charge on any atom is 0.237 e. The van der Waals surface area contributed by atoms with Crippen molar-refractivity contribution in [3.05, 3.63) is 29.8 Å². The molecule has 0 aromatic heterocycles. The predicted octanol–water partition coefficient (Wildman–Crippen LogP) is 3.48. The lowest BCUT2D eigenvalue weighted by Gasteiger charge is -2.38. The van der Waals surface area contributed by atoms with Crippen molar-refractivity contribution in [1.82, 2.24) is 0 Å². The number of aldehydes is 1. The average Bonchev–Trinajstić information content (AvgIpc) is 2.81. The molecule has 23 heavy (non-hydrogen) atoms. The lowest BCUT2D eigenvalue weighted by Crippen LogP contribution is -2.38. The average molecular weight is 315 g/mol. The van der Waals surface area contributed by atoms with Gasteiger partial charge in [0.1, 0.15) is 6.29 Å². The number of hydrogen-bond acceptors (Lipinski definition) is 3. The summed E-state index contributed by atoms with van der Waals surface area (Å²) in [5, 5.41) is 0. The molecule has 1 aromatic rings. The number of anilines is 1. The van der Waals surface area contributed by atoms with E-state index in [0.29, 0.717) is 18.5 Å². The van der Waals surface area contributed by atoms with Gasteiger partial charge in [-0.15, -0.1) is 0 Å². The van der Waals surface area contributed by atoms with Gasteiger partial charge in [0.2, 0.25) is 11.8 Å². The highest BCUT2D eigenvalue weighted by Gasteiger charge is 2.40. The van der Waals surface area contributed by atoms with Gasteiger partial charge in [-0.2, -0.15) is 0 Å². The fraction of sp³-hybridized carbons (Fsp3) is 0.526. The Morgan fingerprint density at radius 2 is 1.70 bits per heavy atom. The molecular formula is C19H25NO3. The van der Waals surface area contributed by atoms with E-state index < -0.39 is 5.41 Å². The van der Waals surface area contributed by atoms with E-state index in [0.717, 1.165) is 11.8 Å². The number of imide groups is 1. The summed E-state index contributed by atoms with van der Waals surface area (Å²) in [5.74, 6) is -0.451. The van der Waals surface area contributed by atoms with Gasteiger partial charge in [0.05, 0.1) is 5.69 Å². The lowest BCUT2D eigenvalue weighted by molar-refractivity contribution is -0.122. The molecule has 2 rings (SSSR count). The molecule has 0 spiro atoms. The van der Waals surface area contributed by atoms with Crippen molar-refractivity contribution in [3.63, 3.8) is 0 Å². The first kappa shape index (κ1) is 17.4. The van der Waals surface area contributed by atoms with Crippen LogP contribution in [0, 0.1) is 11.3 Å². The van der Waals surface area contributed by atoms with Crippen LogP contribution in [0.2, 0.25) is 0 Å². The van der Waals surface area contributed by atoms with Crippen LogP contribution in [0.3, 0.4) is 0 Å². The van der Waals surface area contributed by atoms with E-state index in [4.69, 9.17) is 0 Å². The van der Waals surface area contributed by atoms with Crippen LogP contribution >= 0.6 is 0 Å². The van der Waals surface area contributed by atoms with Gasteiger partial charge in [-0.3, -0.25) is 14.5 Å². The Morgan fingerprint density at radius 3 is 2.13 bits per heavy atom. The molecule has 1 heterocycles. The summed E-state index contributed by atoms with van der Waals surface area (Å²) in [5.41, 5.74) is 0.753.